The van der Waals surface area contributed by atoms with E-state index >= 15 is 0 Å². The van der Waals surface area contributed by atoms with Gasteiger partial charge in [0, 0.05) is 10.9 Å². The van der Waals surface area contributed by atoms with Gasteiger partial charge in [0.15, 0.2) is 6.10 Å². The Labute approximate surface area is 126 Å². The number of carboxylic acids is 1. The van der Waals surface area contributed by atoms with Gasteiger partial charge in [0.2, 0.25) is 0 Å². The molecule has 0 saturated carbocycles. The third-order valence-corrected chi connectivity index (χ3v) is 3.44. The Balaban J connectivity index is 2.16. The van der Waals surface area contributed by atoms with Crippen LogP contribution in [-0.2, 0) is 11.2 Å². The summed E-state index contributed by atoms with van der Waals surface area (Å²) in [6.45, 7) is 1.90. The number of carbonyl (C=O) groups is 1. The number of carboxylic acid groups (broad SMARTS) is 1. The third kappa shape index (κ3) is 3.84. The third-order valence-electron chi connectivity index (χ3n) is 2.95. The second-order valence-corrected chi connectivity index (χ2v) is 5.46. The van der Waals surface area contributed by atoms with Crippen molar-refractivity contribution >= 4 is 21.9 Å². The first kappa shape index (κ1) is 14.6. The fourth-order valence-electron chi connectivity index (χ4n) is 1.90. The lowest BCUT2D eigenvalue weighted by molar-refractivity contribution is -0.145. The van der Waals surface area contributed by atoms with E-state index in [0.29, 0.717) is 12.2 Å². The topological polar surface area (TPSA) is 46.5 Å². The van der Waals surface area contributed by atoms with Gasteiger partial charge in [-0.1, -0.05) is 46.3 Å². The SMILES string of the molecule is Cc1ccccc1OC(Cc1cccc(Br)c1)C(=O)O. The molecule has 0 aliphatic heterocycles. The molecule has 20 heavy (non-hydrogen) atoms. The molecule has 0 aromatic heterocycles. The maximum atomic E-state index is 11.4. The molecule has 2 aromatic rings. The first-order chi connectivity index (χ1) is 9.56. The largest absolute Gasteiger partial charge is 0.478 e. The molecule has 0 heterocycles. The van der Waals surface area contributed by atoms with E-state index < -0.39 is 12.1 Å². The Hall–Kier alpha value is -1.81. The fraction of sp³-hybridized carbons (Fsp3) is 0.188. The molecule has 0 amide bonds. The summed E-state index contributed by atoms with van der Waals surface area (Å²) in [5.74, 6) is -0.358. The molecule has 0 aliphatic rings. The molecule has 4 heteroatoms. The van der Waals surface area contributed by atoms with Crippen LogP contribution in [0.25, 0.3) is 0 Å². The van der Waals surface area contributed by atoms with Gasteiger partial charge >= 0.3 is 5.97 Å². The molecule has 0 radical (unpaired) electrons. The number of benzene rings is 2. The number of para-hydroxylation sites is 1. The van der Waals surface area contributed by atoms with E-state index in [-0.39, 0.29) is 0 Å². The van der Waals surface area contributed by atoms with Gasteiger partial charge in [-0.15, -0.1) is 0 Å². The smallest absolute Gasteiger partial charge is 0.345 e. The van der Waals surface area contributed by atoms with E-state index in [1.54, 1.807) is 6.07 Å². The standard InChI is InChI=1S/C16H15BrO3/c1-11-5-2-3-8-14(11)20-15(16(18)19)10-12-6-4-7-13(17)9-12/h2-9,15H,10H2,1H3,(H,18,19). The van der Waals surface area contributed by atoms with Gasteiger partial charge in [-0.2, -0.15) is 0 Å². The summed E-state index contributed by atoms with van der Waals surface area (Å²) in [6, 6.07) is 15.0. The van der Waals surface area contributed by atoms with Crippen molar-refractivity contribution < 1.29 is 14.6 Å². The van der Waals surface area contributed by atoms with Crippen LogP contribution in [0.15, 0.2) is 53.0 Å². The summed E-state index contributed by atoms with van der Waals surface area (Å²) in [5, 5.41) is 9.32. The van der Waals surface area contributed by atoms with E-state index in [1.807, 2.05) is 49.4 Å². The minimum atomic E-state index is -0.965. The first-order valence-corrected chi connectivity index (χ1v) is 7.05. The van der Waals surface area contributed by atoms with Crippen molar-refractivity contribution in [2.45, 2.75) is 19.4 Å². The van der Waals surface area contributed by atoms with Crippen molar-refractivity contribution in [2.24, 2.45) is 0 Å². The Bertz CT molecular complexity index is 610. The van der Waals surface area contributed by atoms with E-state index in [9.17, 15) is 9.90 Å². The molecule has 1 N–H and O–H groups in total. The highest BCUT2D eigenvalue weighted by molar-refractivity contribution is 9.10. The molecular weight excluding hydrogens is 320 g/mol. The molecule has 0 saturated heterocycles. The fourth-order valence-corrected chi connectivity index (χ4v) is 2.35. The van der Waals surface area contributed by atoms with Crippen molar-refractivity contribution in [1.82, 2.24) is 0 Å². The number of hydrogen-bond donors (Lipinski definition) is 1. The van der Waals surface area contributed by atoms with Crippen LogP contribution in [0.3, 0.4) is 0 Å². The van der Waals surface area contributed by atoms with Crippen molar-refractivity contribution in [3.8, 4) is 5.75 Å². The lowest BCUT2D eigenvalue weighted by Gasteiger charge is -2.16. The van der Waals surface area contributed by atoms with E-state index in [1.165, 1.54) is 0 Å². The Morgan fingerprint density at radius 1 is 1.25 bits per heavy atom. The van der Waals surface area contributed by atoms with Crippen molar-refractivity contribution in [1.29, 1.82) is 0 Å². The minimum Gasteiger partial charge on any atom is -0.478 e. The van der Waals surface area contributed by atoms with E-state index in [0.717, 1.165) is 15.6 Å². The van der Waals surface area contributed by atoms with Gasteiger partial charge in [-0.3, -0.25) is 0 Å². The number of halogens is 1. The maximum absolute atomic E-state index is 11.4. The van der Waals surface area contributed by atoms with Gasteiger partial charge in [-0.25, -0.2) is 4.79 Å². The number of rotatable bonds is 5. The Morgan fingerprint density at radius 2 is 2.00 bits per heavy atom. The van der Waals surface area contributed by atoms with Crippen molar-refractivity contribution in [3.05, 3.63) is 64.1 Å². The molecule has 104 valence electrons. The normalized spacial score (nSPS) is 11.9. The average Bonchev–Trinajstić information content (AvgIpc) is 2.40. The zero-order valence-corrected chi connectivity index (χ0v) is 12.6. The highest BCUT2D eigenvalue weighted by Crippen LogP contribution is 2.20. The van der Waals surface area contributed by atoms with Gasteiger partial charge in [0.05, 0.1) is 0 Å². The van der Waals surface area contributed by atoms with Crippen LogP contribution in [0.4, 0.5) is 0 Å². The number of hydrogen-bond acceptors (Lipinski definition) is 2. The quantitative estimate of drug-likeness (QED) is 0.903. The van der Waals surface area contributed by atoms with Gasteiger partial charge < -0.3 is 9.84 Å². The molecule has 2 aromatic carbocycles. The Morgan fingerprint density at radius 3 is 2.65 bits per heavy atom. The monoisotopic (exact) mass is 334 g/mol. The second-order valence-electron chi connectivity index (χ2n) is 4.54. The van der Waals surface area contributed by atoms with Gasteiger partial charge in [0.1, 0.15) is 5.75 Å². The molecule has 0 spiro atoms. The van der Waals surface area contributed by atoms with Crippen molar-refractivity contribution in [2.75, 3.05) is 0 Å². The predicted octanol–water partition coefficient (Wildman–Crippen LogP) is 3.83. The summed E-state index contributed by atoms with van der Waals surface area (Å²) >= 11 is 3.38. The number of ether oxygens (including phenoxy) is 1. The summed E-state index contributed by atoms with van der Waals surface area (Å²) in [6.07, 6.45) is -0.575. The van der Waals surface area contributed by atoms with Crippen LogP contribution in [-0.4, -0.2) is 17.2 Å². The number of aryl methyl sites for hydroxylation is 1. The zero-order chi connectivity index (χ0) is 14.5. The van der Waals surface area contributed by atoms with Gasteiger partial charge in [-0.05, 0) is 36.2 Å². The lowest BCUT2D eigenvalue weighted by Crippen LogP contribution is -2.29. The number of aliphatic carboxylic acids is 1. The zero-order valence-electron chi connectivity index (χ0n) is 11.0. The van der Waals surface area contributed by atoms with Crippen molar-refractivity contribution in [3.63, 3.8) is 0 Å². The molecule has 3 nitrogen and oxygen atoms in total. The van der Waals surface area contributed by atoms with Crippen LogP contribution < -0.4 is 4.74 Å². The summed E-state index contributed by atoms with van der Waals surface area (Å²) in [7, 11) is 0. The average molecular weight is 335 g/mol. The molecule has 1 unspecified atom stereocenters. The lowest BCUT2D eigenvalue weighted by atomic mass is 10.1. The van der Waals surface area contributed by atoms with Crippen LogP contribution in [0.5, 0.6) is 5.75 Å². The molecule has 1 atom stereocenters. The molecular formula is C16H15BrO3. The van der Waals surface area contributed by atoms with Gasteiger partial charge in [0.25, 0.3) is 0 Å². The van der Waals surface area contributed by atoms with Crippen LogP contribution in [0.1, 0.15) is 11.1 Å². The second kappa shape index (κ2) is 6.57. The summed E-state index contributed by atoms with van der Waals surface area (Å²) in [5.41, 5.74) is 1.84. The molecule has 0 aliphatic carbocycles. The highest BCUT2D eigenvalue weighted by Gasteiger charge is 2.20. The van der Waals surface area contributed by atoms with E-state index in [4.69, 9.17) is 4.74 Å². The van der Waals surface area contributed by atoms with E-state index in [2.05, 4.69) is 15.9 Å². The maximum Gasteiger partial charge on any atom is 0.345 e. The molecule has 0 bridgehead atoms. The highest BCUT2D eigenvalue weighted by atomic mass is 79.9. The first-order valence-electron chi connectivity index (χ1n) is 6.26. The molecule has 0 fully saturated rings. The minimum absolute atomic E-state index is 0.323. The van der Waals surface area contributed by atoms with Crippen LogP contribution >= 0.6 is 15.9 Å². The van der Waals surface area contributed by atoms with Crippen LogP contribution in [0.2, 0.25) is 0 Å². The summed E-state index contributed by atoms with van der Waals surface area (Å²) < 4.78 is 6.56. The van der Waals surface area contributed by atoms with Crippen LogP contribution in [0, 0.1) is 6.92 Å². The molecule has 2 rings (SSSR count). The predicted molar refractivity (Wildman–Crippen MR) is 81.1 cm³/mol. The summed E-state index contributed by atoms with van der Waals surface area (Å²) in [4.78, 5) is 11.4. The Kier molecular flexibility index (Phi) is 4.79.